The van der Waals surface area contributed by atoms with Gasteiger partial charge in [0.05, 0.1) is 23.1 Å². The van der Waals surface area contributed by atoms with E-state index in [1.54, 1.807) is 0 Å². The quantitative estimate of drug-likeness (QED) is 0.722. The molecule has 3 rings (SSSR count). The van der Waals surface area contributed by atoms with Gasteiger partial charge in [0.15, 0.2) is 15.0 Å². The summed E-state index contributed by atoms with van der Waals surface area (Å²) in [6.07, 6.45) is -3.30. The van der Waals surface area contributed by atoms with Gasteiger partial charge < -0.3 is 4.90 Å². The van der Waals surface area contributed by atoms with Gasteiger partial charge in [-0.25, -0.2) is 8.42 Å². The van der Waals surface area contributed by atoms with E-state index in [-0.39, 0.29) is 39.4 Å². The van der Waals surface area contributed by atoms with Crippen molar-refractivity contribution in [2.24, 2.45) is 10.9 Å². The van der Waals surface area contributed by atoms with Crippen LogP contribution in [0.3, 0.4) is 0 Å². The SMILES string of the molecule is CCC(CC)C(=O)N=C1S[C@@H]2CS(=O)(=O)C[C@@H]2N1c1cccc(C(F)(F)F)c1. The first-order chi connectivity index (χ1) is 13.1. The highest BCUT2D eigenvalue weighted by Crippen LogP contribution is 2.42. The first kappa shape index (κ1) is 21.2. The van der Waals surface area contributed by atoms with Crippen molar-refractivity contribution in [3.63, 3.8) is 0 Å². The number of amides is 1. The molecule has 0 radical (unpaired) electrons. The van der Waals surface area contributed by atoms with Gasteiger partial charge in [0.1, 0.15) is 0 Å². The number of carbonyl (C=O) groups excluding carboxylic acids is 1. The van der Waals surface area contributed by atoms with E-state index >= 15 is 0 Å². The Morgan fingerprint density at radius 1 is 1.29 bits per heavy atom. The highest BCUT2D eigenvalue weighted by molar-refractivity contribution is 8.16. The predicted molar refractivity (Wildman–Crippen MR) is 104 cm³/mol. The minimum Gasteiger partial charge on any atom is -0.316 e. The second-order valence-corrected chi connectivity index (χ2v) is 10.3. The van der Waals surface area contributed by atoms with Crippen molar-refractivity contribution in [2.45, 2.75) is 44.2 Å². The number of amidine groups is 1. The predicted octanol–water partition coefficient (Wildman–Crippen LogP) is 3.74. The van der Waals surface area contributed by atoms with Gasteiger partial charge in [0.2, 0.25) is 0 Å². The molecule has 1 aromatic rings. The Hall–Kier alpha value is -1.55. The van der Waals surface area contributed by atoms with Crippen LogP contribution in [0.1, 0.15) is 32.3 Å². The van der Waals surface area contributed by atoms with Crippen molar-refractivity contribution in [3.8, 4) is 0 Å². The molecule has 10 heteroatoms. The lowest BCUT2D eigenvalue weighted by Crippen LogP contribution is -2.38. The van der Waals surface area contributed by atoms with Gasteiger partial charge in [-0.1, -0.05) is 31.7 Å². The Morgan fingerprint density at radius 3 is 2.57 bits per heavy atom. The Kier molecular flexibility index (Phi) is 5.82. The second-order valence-electron chi connectivity index (χ2n) is 6.96. The van der Waals surface area contributed by atoms with E-state index < -0.39 is 27.6 Å². The number of alkyl halides is 3. The molecule has 2 saturated heterocycles. The fourth-order valence-corrected chi connectivity index (χ4v) is 7.44. The molecule has 154 valence electrons. The highest BCUT2D eigenvalue weighted by Gasteiger charge is 2.49. The van der Waals surface area contributed by atoms with Crippen molar-refractivity contribution in [3.05, 3.63) is 29.8 Å². The Labute approximate surface area is 166 Å². The van der Waals surface area contributed by atoms with Crippen molar-refractivity contribution in [2.75, 3.05) is 16.4 Å². The molecule has 2 aliphatic rings. The number of thioether (sulfide) groups is 1. The number of anilines is 1. The van der Waals surface area contributed by atoms with Crippen molar-refractivity contribution in [1.29, 1.82) is 0 Å². The molecule has 2 heterocycles. The molecule has 5 nitrogen and oxygen atoms in total. The lowest BCUT2D eigenvalue weighted by molar-refractivity contribution is -0.137. The van der Waals surface area contributed by atoms with Crippen LogP contribution in [0.2, 0.25) is 0 Å². The van der Waals surface area contributed by atoms with Crippen LogP contribution >= 0.6 is 11.8 Å². The summed E-state index contributed by atoms with van der Waals surface area (Å²) in [4.78, 5) is 18.2. The number of halogens is 3. The number of nitrogens with zero attached hydrogens (tertiary/aromatic N) is 2. The first-order valence-electron chi connectivity index (χ1n) is 9.01. The number of rotatable bonds is 4. The molecule has 0 aromatic heterocycles. The summed E-state index contributed by atoms with van der Waals surface area (Å²) in [5.41, 5.74) is -0.631. The number of sulfone groups is 1. The first-order valence-corrected chi connectivity index (χ1v) is 11.7. The largest absolute Gasteiger partial charge is 0.416 e. The second kappa shape index (κ2) is 7.70. The molecule has 2 fully saturated rings. The van der Waals surface area contributed by atoms with Crippen LogP contribution in [-0.2, 0) is 20.8 Å². The maximum absolute atomic E-state index is 13.1. The third-order valence-electron chi connectivity index (χ3n) is 5.06. The number of carbonyl (C=O) groups is 1. The highest BCUT2D eigenvalue weighted by atomic mass is 32.2. The summed E-state index contributed by atoms with van der Waals surface area (Å²) in [7, 11) is -3.29. The standard InChI is InChI=1S/C18H21F3N2O3S2/c1-3-11(4-2)16(24)22-17-23(14-9-28(25,26)10-15(14)27-17)13-7-5-6-12(8-13)18(19,20)21/h5-8,11,14-15H,3-4,9-10H2,1-2H3/t14-,15+/m0/s1. The number of fused-ring (bicyclic) bond motifs is 1. The van der Waals surface area contributed by atoms with E-state index in [0.717, 1.165) is 23.9 Å². The number of hydrogen-bond donors (Lipinski definition) is 0. The van der Waals surface area contributed by atoms with Crippen LogP contribution in [0, 0.1) is 5.92 Å². The van der Waals surface area contributed by atoms with Crippen LogP contribution in [0.15, 0.2) is 29.3 Å². The Morgan fingerprint density at radius 2 is 1.96 bits per heavy atom. The summed E-state index contributed by atoms with van der Waals surface area (Å²) in [6.45, 7) is 3.75. The molecule has 0 bridgehead atoms. The minimum absolute atomic E-state index is 0.0734. The topological polar surface area (TPSA) is 66.8 Å². The molecule has 0 aliphatic carbocycles. The zero-order valence-corrected chi connectivity index (χ0v) is 17.1. The van der Waals surface area contributed by atoms with Gasteiger partial charge >= 0.3 is 6.18 Å². The zero-order chi connectivity index (χ0) is 20.7. The molecule has 0 N–H and O–H groups in total. The van der Waals surface area contributed by atoms with E-state index in [4.69, 9.17) is 0 Å². The molecule has 0 saturated carbocycles. The van der Waals surface area contributed by atoms with Gasteiger partial charge in [-0.05, 0) is 31.0 Å². The summed E-state index contributed by atoms with van der Waals surface area (Å²) in [6, 6.07) is 4.17. The normalized spacial score (nSPS) is 25.5. The lowest BCUT2D eigenvalue weighted by Gasteiger charge is -2.25. The molecule has 1 amide bonds. The summed E-state index contributed by atoms with van der Waals surface area (Å²) >= 11 is 1.16. The van der Waals surface area contributed by atoms with Crippen LogP contribution in [0.25, 0.3) is 0 Å². The van der Waals surface area contributed by atoms with Crippen LogP contribution in [0.4, 0.5) is 18.9 Å². The van der Waals surface area contributed by atoms with Crippen molar-refractivity contribution in [1.82, 2.24) is 0 Å². The van der Waals surface area contributed by atoms with E-state index in [2.05, 4.69) is 4.99 Å². The van der Waals surface area contributed by atoms with E-state index in [1.165, 1.54) is 17.0 Å². The number of aliphatic imine (C=N–C) groups is 1. The average Bonchev–Trinajstić information content (AvgIpc) is 3.06. The van der Waals surface area contributed by atoms with E-state index in [1.807, 2.05) is 13.8 Å². The maximum atomic E-state index is 13.1. The minimum atomic E-state index is -4.52. The van der Waals surface area contributed by atoms with Gasteiger partial charge in [-0.15, -0.1) is 0 Å². The third-order valence-corrected chi connectivity index (χ3v) is 8.27. The van der Waals surface area contributed by atoms with Crippen LogP contribution in [0.5, 0.6) is 0 Å². The van der Waals surface area contributed by atoms with Gasteiger partial charge in [-0.2, -0.15) is 18.2 Å². The molecule has 28 heavy (non-hydrogen) atoms. The van der Waals surface area contributed by atoms with Crippen molar-refractivity contribution < 1.29 is 26.4 Å². The molecule has 2 atom stereocenters. The van der Waals surface area contributed by atoms with E-state index in [9.17, 15) is 26.4 Å². The fraction of sp³-hybridized carbons (Fsp3) is 0.556. The maximum Gasteiger partial charge on any atom is 0.416 e. The summed E-state index contributed by atoms with van der Waals surface area (Å²) < 4.78 is 63.5. The van der Waals surface area contributed by atoms with Crippen LogP contribution in [-0.4, -0.2) is 42.3 Å². The molecule has 0 unspecified atom stereocenters. The lowest BCUT2D eigenvalue weighted by atomic mass is 10.0. The van der Waals surface area contributed by atoms with E-state index in [0.29, 0.717) is 12.8 Å². The van der Waals surface area contributed by atoms with Gasteiger partial charge in [0, 0.05) is 16.9 Å². The molecular weight excluding hydrogens is 413 g/mol. The fourth-order valence-electron chi connectivity index (χ4n) is 3.52. The third kappa shape index (κ3) is 4.22. The number of benzene rings is 1. The van der Waals surface area contributed by atoms with Crippen LogP contribution < -0.4 is 4.90 Å². The molecule has 0 spiro atoms. The molecule has 2 aliphatic heterocycles. The van der Waals surface area contributed by atoms with Gasteiger partial charge in [0.25, 0.3) is 5.91 Å². The average molecular weight is 435 g/mol. The smallest absolute Gasteiger partial charge is 0.316 e. The summed E-state index contributed by atoms with van der Waals surface area (Å²) in [5.74, 6) is -0.831. The Bertz CT molecular complexity index is 896. The monoisotopic (exact) mass is 434 g/mol. The zero-order valence-electron chi connectivity index (χ0n) is 15.4. The Balaban J connectivity index is 2.03. The van der Waals surface area contributed by atoms with Gasteiger partial charge in [-0.3, -0.25) is 4.79 Å². The summed E-state index contributed by atoms with van der Waals surface area (Å²) in [5, 5.41) is -0.0751. The molecule has 1 aromatic carbocycles. The number of hydrogen-bond acceptors (Lipinski definition) is 4. The molecular formula is C18H21F3N2O3S2. The van der Waals surface area contributed by atoms with Crippen molar-refractivity contribution >= 4 is 38.4 Å².